The summed E-state index contributed by atoms with van der Waals surface area (Å²) in [6.45, 7) is 4.53. The van der Waals surface area contributed by atoms with Crippen LogP contribution in [0.2, 0.25) is 0 Å². The molecule has 2 aromatic rings. The minimum atomic E-state index is -0.380. The van der Waals surface area contributed by atoms with Crippen LogP contribution in [0.1, 0.15) is 230 Å². The van der Waals surface area contributed by atoms with Gasteiger partial charge in [-0.1, -0.05) is 217 Å². The number of phenolic OH excluding ortho intramolecular Hbond substituents is 2. The van der Waals surface area contributed by atoms with Gasteiger partial charge in [-0.15, -0.1) is 0 Å². The monoisotopic (exact) mass is 821 g/mol. The fraction of sp³-hybridized carbons (Fsp3) is 0.736. The Hall–Kier alpha value is -3.02. The Labute approximate surface area is 362 Å². The maximum atomic E-state index is 12.3. The summed E-state index contributed by atoms with van der Waals surface area (Å²) in [5, 5.41) is 19.7. The van der Waals surface area contributed by atoms with Crippen LogP contribution in [0, 0.1) is 5.41 Å². The molecule has 2 N–H and O–H groups in total. The van der Waals surface area contributed by atoms with Crippen molar-refractivity contribution in [3.05, 3.63) is 59.7 Å². The van der Waals surface area contributed by atoms with Crippen molar-refractivity contribution in [3.63, 3.8) is 0 Å². The van der Waals surface area contributed by atoms with Gasteiger partial charge in [0.05, 0.1) is 13.2 Å². The van der Waals surface area contributed by atoms with Gasteiger partial charge in [0.1, 0.15) is 11.5 Å². The molecule has 0 radical (unpaired) electrons. The molecular weight excluding hydrogens is 733 g/mol. The second kappa shape index (κ2) is 35.7. The molecule has 0 heterocycles. The first-order valence-corrected chi connectivity index (χ1v) is 24.6. The molecule has 0 aliphatic carbocycles. The van der Waals surface area contributed by atoms with E-state index in [-0.39, 0.29) is 30.6 Å². The molecule has 0 aliphatic rings. The van der Waals surface area contributed by atoms with Gasteiger partial charge in [-0.25, -0.2) is 0 Å². The molecule has 0 bridgehead atoms. The number of rotatable bonds is 40. The molecule has 0 aromatic heterocycles. The van der Waals surface area contributed by atoms with E-state index in [1.54, 1.807) is 12.1 Å². The number of aromatic hydroxyl groups is 2. The van der Waals surface area contributed by atoms with E-state index in [0.29, 0.717) is 24.3 Å². The molecule has 0 spiro atoms. The highest BCUT2D eigenvalue weighted by Gasteiger charge is 2.23. The van der Waals surface area contributed by atoms with E-state index in [4.69, 9.17) is 9.47 Å². The maximum absolute atomic E-state index is 12.3. The van der Waals surface area contributed by atoms with Crippen molar-refractivity contribution >= 4 is 11.9 Å². The predicted molar refractivity (Wildman–Crippen MR) is 247 cm³/mol. The largest absolute Gasteiger partial charge is 0.508 e. The van der Waals surface area contributed by atoms with Gasteiger partial charge in [0, 0.05) is 18.3 Å². The second-order valence-corrected chi connectivity index (χ2v) is 18.3. The number of phenols is 2. The summed E-state index contributed by atoms with van der Waals surface area (Å²) in [5.74, 6) is 0.589. The Kier molecular flexibility index (Phi) is 31.5. The van der Waals surface area contributed by atoms with E-state index in [1.165, 1.54) is 154 Å². The van der Waals surface area contributed by atoms with Gasteiger partial charge in [0.15, 0.2) is 0 Å². The van der Waals surface area contributed by atoms with Gasteiger partial charge in [0.2, 0.25) is 0 Å². The van der Waals surface area contributed by atoms with E-state index >= 15 is 0 Å². The van der Waals surface area contributed by atoms with Crippen LogP contribution in [0.3, 0.4) is 0 Å². The van der Waals surface area contributed by atoms with Crippen molar-refractivity contribution in [2.75, 3.05) is 13.2 Å². The number of carbonyl (C=O) groups excluding carboxylic acids is 2. The van der Waals surface area contributed by atoms with E-state index in [0.717, 1.165) is 62.5 Å². The number of hydrogen-bond donors (Lipinski definition) is 2. The Morgan fingerprint density at radius 2 is 0.627 bits per heavy atom. The highest BCUT2D eigenvalue weighted by atomic mass is 16.5. The number of aryl methyl sites for hydroxylation is 2. The molecule has 0 fully saturated rings. The maximum Gasteiger partial charge on any atom is 0.305 e. The zero-order valence-corrected chi connectivity index (χ0v) is 38.1. The van der Waals surface area contributed by atoms with Gasteiger partial charge in [-0.2, -0.15) is 0 Å². The SMILES string of the molecule is CC(C)(COC(=O)CCCCCCCCCCCCCCCCCc1ccccc1O)COC(=O)CCCCCCCCCCCCCCCCCc1ccccc1O. The molecule has 0 amide bonds. The van der Waals surface area contributed by atoms with E-state index in [2.05, 4.69) is 0 Å². The number of ether oxygens (including phenoxy) is 2. The molecule has 2 aromatic carbocycles. The third kappa shape index (κ3) is 30.6. The summed E-state index contributed by atoms with van der Waals surface area (Å²) in [7, 11) is 0. The predicted octanol–water partition coefficient (Wildman–Crippen LogP) is 15.5. The number of benzene rings is 2. The highest BCUT2D eigenvalue weighted by Crippen LogP contribution is 2.22. The van der Waals surface area contributed by atoms with Crippen LogP contribution >= 0.6 is 0 Å². The third-order valence-electron chi connectivity index (χ3n) is 11.9. The first-order valence-electron chi connectivity index (χ1n) is 24.6. The Morgan fingerprint density at radius 3 is 0.898 bits per heavy atom. The molecule has 6 nitrogen and oxygen atoms in total. The quantitative estimate of drug-likeness (QED) is 0.0514. The summed E-state index contributed by atoms with van der Waals surface area (Å²) < 4.78 is 11.1. The molecule has 59 heavy (non-hydrogen) atoms. The zero-order chi connectivity index (χ0) is 42.5. The molecule has 0 aliphatic heterocycles. The Balaban J connectivity index is 1.25. The standard InChI is InChI=1S/C53H88O6/c1-53(2,45-58-51(56)43-31-27-23-19-15-11-7-3-5-9-13-17-21-25-29-37-47-39-33-35-41-49(47)54)46-59-52(57)44-32-28-24-20-16-12-8-4-6-10-14-18-22-26-30-38-48-40-34-36-42-50(48)55/h33-36,39-42,54-55H,3-32,37-38,43-46H2,1-2H3. The van der Waals surface area contributed by atoms with Crippen LogP contribution in [0.4, 0.5) is 0 Å². The van der Waals surface area contributed by atoms with Gasteiger partial charge < -0.3 is 19.7 Å². The normalized spacial score (nSPS) is 11.6. The lowest BCUT2D eigenvalue weighted by Crippen LogP contribution is -2.28. The average Bonchev–Trinajstić information content (AvgIpc) is 3.23. The molecule has 0 saturated carbocycles. The Bertz CT molecular complexity index is 1210. The van der Waals surface area contributed by atoms with Crippen LogP contribution in [-0.4, -0.2) is 35.4 Å². The van der Waals surface area contributed by atoms with Crippen molar-refractivity contribution in [1.82, 2.24) is 0 Å². The van der Waals surface area contributed by atoms with E-state index in [9.17, 15) is 19.8 Å². The fourth-order valence-electron chi connectivity index (χ4n) is 7.95. The molecule has 0 atom stereocenters. The average molecular weight is 821 g/mol. The minimum Gasteiger partial charge on any atom is -0.508 e. The van der Waals surface area contributed by atoms with Gasteiger partial charge in [0.25, 0.3) is 0 Å². The molecule has 336 valence electrons. The number of para-hydroxylation sites is 2. The Morgan fingerprint density at radius 1 is 0.390 bits per heavy atom. The summed E-state index contributed by atoms with van der Waals surface area (Å²) >= 11 is 0. The second-order valence-electron chi connectivity index (χ2n) is 18.3. The van der Waals surface area contributed by atoms with Crippen LogP contribution < -0.4 is 0 Å². The minimum absolute atomic E-state index is 0.141. The van der Waals surface area contributed by atoms with Gasteiger partial charge in [-0.3, -0.25) is 9.59 Å². The number of unbranched alkanes of at least 4 members (excludes halogenated alkanes) is 28. The lowest BCUT2D eigenvalue weighted by Gasteiger charge is -2.23. The highest BCUT2D eigenvalue weighted by molar-refractivity contribution is 5.69. The number of carbonyl (C=O) groups is 2. The third-order valence-corrected chi connectivity index (χ3v) is 11.9. The number of hydrogen-bond acceptors (Lipinski definition) is 6. The summed E-state index contributed by atoms with van der Waals surface area (Å²) in [5.41, 5.74) is 1.77. The van der Waals surface area contributed by atoms with Crippen LogP contribution in [-0.2, 0) is 31.9 Å². The summed E-state index contributed by atoms with van der Waals surface area (Å²) in [6, 6.07) is 15.4. The van der Waals surface area contributed by atoms with Crippen LogP contribution in [0.25, 0.3) is 0 Å². The first kappa shape index (κ1) is 52.1. The molecular formula is C53H88O6. The zero-order valence-electron chi connectivity index (χ0n) is 38.1. The fourth-order valence-corrected chi connectivity index (χ4v) is 7.95. The lowest BCUT2D eigenvalue weighted by atomic mass is 9.96. The van der Waals surface area contributed by atoms with Gasteiger partial charge in [-0.05, 0) is 61.8 Å². The van der Waals surface area contributed by atoms with Crippen LogP contribution in [0.5, 0.6) is 11.5 Å². The topological polar surface area (TPSA) is 93.1 Å². The first-order chi connectivity index (χ1) is 28.8. The van der Waals surface area contributed by atoms with Crippen LogP contribution in [0.15, 0.2) is 48.5 Å². The van der Waals surface area contributed by atoms with E-state index < -0.39 is 0 Å². The van der Waals surface area contributed by atoms with E-state index in [1.807, 2.05) is 50.2 Å². The van der Waals surface area contributed by atoms with Crippen molar-refractivity contribution < 1.29 is 29.3 Å². The van der Waals surface area contributed by atoms with Crippen molar-refractivity contribution in [2.45, 2.75) is 232 Å². The summed E-state index contributed by atoms with van der Waals surface area (Å²) in [4.78, 5) is 24.6. The van der Waals surface area contributed by atoms with Crippen molar-refractivity contribution in [3.8, 4) is 11.5 Å². The smallest absolute Gasteiger partial charge is 0.305 e. The molecule has 0 saturated heterocycles. The molecule has 0 unspecified atom stereocenters. The van der Waals surface area contributed by atoms with Gasteiger partial charge >= 0.3 is 11.9 Å². The number of esters is 2. The summed E-state index contributed by atoms with van der Waals surface area (Å²) in [6.07, 6.45) is 40.5. The lowest BCUT2D eigenvalue weighted by molar-refractivity contribution is -0.152. The molecule has 2 rings (SSSR count). The van der Waals surface area contributed by atoms with Crippen molar-refractivity contribution in [1.29, 1.82) is 0 Å². The molecule has 6 heteroatoms. The van der Waals surface area contributed by atoms with Crippen molar-refractivity contribution in [2.24, 2.45) is 5.41 Å².